The molecule has 6 heteroatoms. The fraction of sp³-hybridized carbons (Fsp3) is 0.286. The molecule has 0 amide bonds. The highest BCUT2D eigenvalue weighted by Gasteiger charge is 2.16. The summed E-state index contributed by atoms with van der Waals surface area (Å²) in [6.45, 7) is 4.06. The van der Waals surface area contributed by atoms with Crippen LogP contribution in [0.1, 0.15) is 25.0 Å². The smallest absolute Gasteiger partial charge is 0.325 e. The van der Waals surface area contributed by atoms with Crippen molar-refractivity contribution >= 4 is 29.8 Å². The van der Waals surface area contributed by atoms with E-state index in [9.17, 15) is 9.59 Å². The van der Waals surface area contributed by atoms with Crippen molar-refractivity contribution in [3.63, 3.8) is 0 Å². The first-order chi connectivity index (χ1) is 13.1. The van der Waals surface area contributed by atoms with Crippen LogP contribution >= 0.6 is 0 Å². The van der Waals surface area contributed by atoms with Crippen molar-refractivity contribution in [1.29, 1.82) is 0 Å². The lowest BCUT2D eigenvalue weighted by atomic mass is 10.1. The Morgan fingerprint density at radius 3 is 1.81 bits per heavy atom. The average molecular weight is 368 g/mol. The molecule has 0 bridgehead atoms. The maximum Gasteiger partial charge on any atom is 0.325 e. The number of hydrogen-bond donors (Lipinski definition) is 0. The van der Waals surface area contributed by atoms with Crippen LogP contribution in [0, 0.1) is 0 Å². The molecule has 0 atom stereocenters. The Morgan fingerprint density at radius 1 is 0.852 bits per heavy atom. The number of nitrogens with zero attached hydrogens (tertiary/aromatic N) is 2. The van der Waals surface area contributed by atoms with Crippen molar-refractivity contribution in [1.82, 2.24) is 4.98 Å². The lowest BCUT2D eigenvalue weighted by molar-refractivity contribution is -0.142. The molecule has 142 valence electrons. The van der Waals surface area contributed by atoms with Crippen LogP contribution in [-0.4, -0.2) is 43.2 Å². The topological polar surface area (TPSA) is 68.7 Å². The summed E-state index contributed by atoms with van der Waals surface area (Å²) in [4.78, 5) is 29.4. The summed E-state index contributed by atoms with van der Waals surface area (Å²) in [6, 6.07) is 11.4. The summed E-state index contributed by atoms with van der Waals surface area (Å²) in [5, 5.41) is 0. The van der Waals surface area contributed by atoms with Gasteiger partial charge >= 0.3 is 11.9 Å². The number of rotatable bonds is 9. The lowest BCUT2D eigenvalue weighted by Crippen LogP contribution is -2.36. The van der Waals surface area contributed by atoms with Gasteiger partial charge in [-0.05, 0) is 49.2 Å². The Hall–Kier alpha value is -3.15. The molecule has 0 fully saturated rings. The summed E-state index contributed by atoms with van der Waals surface area (Å²) in [5.41, 5.74) is 2.81. The Balaban J connectivity index is 2.10. The third-order valence-electron chi connectivity index (χ3n) is 3.68. The minimum Gasteiger partial charge on any atom is -0.465 e. The van der Waals surface area contributed by atoms with Crippen LogP contribution in [-0.2, 0) is 19.1 Å². The van der Waals surface area contributed by atoms with Gasteiger partial charge < -0.3 is 14.4 Å². The van der Waals surface area contributed by atoms with E-state index in [0.717, 1.165) is 16.8 Å². The zero-order valence-electron chi connectivity index (χ0n) is 15.6. The number of pyridine rings is 1. The van der Waals surface area contributed by atoms with Crippen LogP contribution in [0.15, 0.2) is 48.8 Å². The monoisotopic (exact) mass is 368 g/mol. The van der Waals surface area contributed by atoms with Crippen LogP contribution in [0.3, 0.4) is 0 Å². The van der Waals surface area contributed by atoms with Gasteiger partial charge in [-0.2, -0.15) is 0 Å². The third kappa shape index (κ3) is 6.93. The molecule has 6 nitrogen and oxygen atoms in total. The van der Waals surface area contributed by atoms with E-state index in [1.54, 1.807) is 31.1 Å². The fourth-order valence-electron chi connectivity index (χ4n) is 2.43. The molecule has 1 aromatic heterocycles. The number of benzene rings is 1. The van der Waals surface area contributed by atoms with E-state index in [0.29, 0.717) is 13.2 Å². The van der Waals surface area contributed by atoms with Crippen molar-refractivity contribution < 1.29 is 19.1 Å². The molecule has 2 rings (SSSR count). The number of ether oxygens (including phenoxy) is 2. The lowest BCUT2D eigenvalue weighted by Gasteiger charge is -2.22. The highest BCUT2D eigenvalue weighted by Crippen LogP contribution is 2.17. The van der Waals surface area contributed by atoms with Gasteiger partial charge in [-0.15, -0.1) is 0 Å². The molecule has 0 saturated heterocycles. The summed E-state index contributed by atoms with van der Waals surface area (Å²) in [6.07, 6.45) is 7.46. The van der Waals surface area contributed by atoms with E-state index < -0.39 is 0 Å². The maximum absolute atomic E-state index is 11.9. The molecule has 1 aromatic carbocycles. The van der Waals surface area contributed by atoms with Crippen molar-refractivity contribution in [2.45, 2.75) is 13.8 Å². The first kappa shape index (κ1) is 20.2. The van der Waals surface area contributed by atoms with Crippen molar-refractivity contribution in [2.24, 2.45) is 0 Å². The average Bonchev–Trinajstić information content (AvgIpc) is 2.67. The van der Waals surface area contributed by atoms with E-state index in [1.807, 2.05) is 48.6 Å². The molecule has 0 aliphatic rings. The molecular weight excluding hydrogens is 344 g/mol. The van der Waals surface area contributed by atoms with Gasteiger partial charge in [0.25, 0.3) is 0 Å². The number of hydrogen-bond acceptors (Lipinski definition) is 6. The minimum atomic E-state index is -0.386. The molecule has 0 saturated carbocycles. The van der Waals surface area contributed by atoms with Gasteiger partial charge in [0.15, 0.2) is 0 Å². The van der Waals surface area contributed by atoms with Crippen LogP contribution in [0.2, 0.25) is 0 Å². The number of esters is 2. The van der Waals surface area contributed by atoms with Gasteiger partial charge in [0, 0.05) is 18.1 Å². The molecule has 0 N–H and O–H groups in total. The Morgan fingerprint density at radius 2 is 1.33 bits per heavy atom. The van der Waals surface area contributed by atoms with E-state index in [-0.39, 0.29) is 25.0 Å². The normalized spacial score (nSPS) is 10.6. The predicted molar refractivity (Wildman–Crippen MR) is 105 cm³/mol. The number of carbonyl (C=O) groups excluding carboxylic acids is 2. The molecular formula is C21H24N2O4. The Kier molecular flexibility index (Phi) is 8.03. The molecule has 0 radical (unpaired) electrons. The van der Waals surface area contributed by atoms with Gasteiger partial charge in [-0.3, -0.25) is 14.6 Å². The van der Waals surface area contributed by atoms with Gasteiger partial charge in [0.05, 0.1) is 13.2 Å². The number of aromatic nitrogens is 1. The van der Waals surface area contributed by atoms with E-state index >= 15 is 0 Å². The zero-order chi connectivity index (χ0) is 19.5. The number of anilines is 1. The quantitative estimate of drug-likeness (QED) is 0.633. The predicted octanol–water partition coefficient (Wildman–Crippen LogP) is 3.18. The summed E-state index contributed by atoms with van der Waals surface area (Å²) < 4.78 is 10.00. The van der Waals surface area contributed by atoms with E-state index in [1.165, 1.54) is 0 Å². The summed E-state index contributed by atoms with van der Waals surface area (Å²) >= 11 is 0. The van der Waals surface area contributed by atoms with Crippen LogP contribution in [0.25, 0.3) is 12.2 Å². The van der Waals surface area contributed by atoms with Gasteiger partial charge in [-0.25, -0.2) is 0 Å². The minimum absolute atomic E-state index is 0.0150. The molecule has 27 heavy (non-hydrogen) atoms. The number of carbonyl (C=O) groups is 2. The Bertz CT molecular complexity index is 738. The van der Waals surface area contributed by atoms with Crippen molar-refractivity contribution in [2.75, 3.05) is 31.2 Å². The van der Waals surface area contributed by atoms with Gasteiger partial charge in [-0.1, -0.05) is 24.3 Å². The van der Waals surface area contributed by atoms with Gasteiger partial charge in [0.1, 0.15) is 13.1 Å². The molecule has 2 aromatic rings. The molecule has 0 aliphatic carbocycles. The van der Waals surface area contributed by atoms with Crippen LogP contribution in [0.4, 0.5) is 5.69 Å². The Labute approximate surface area is 159 Å². The summed E-state index contributed by atoms with van der Waals surface area (Å²) in [7, 11) is 0. The molecule has 0 unspecified atom stereocenters. The maximum atomic E-state index is 11.9. The van der Waals surface area contributed by atoms with E-state index in [2.05, 4.69) is 4.98 Å². The SMILES string of the molecule is CCOC(=O)CN(CC(=O)OCC)c1ccc(/C=C/c2ccncc2)cc1. The standard InChI is InChI=1S/C21H24N2O4/c1-3-26-20(24)15-23(16-21(25)27-4-2)19-9-7-17(8-10-19)5-6-18-11-13-22-14-12-18/h5-14H,3-4,15-16H2,1-2H3/b6-5+. The van der Waals surface area contributed by atoms with Gasteiger partial charge in [0.2, 0.25) is 0 Å². The molecule has 0 spiro atoms. The van der Waals surface area contributed by atoms with Crippen molar-refractivity contribution in [3.8, 4) is 0 Å². The first-order valence-electron chi connectivity index (χ1n) is 8.86. The van der Waals surface area contributed by atoms with Crippen molar-refractivity contribution in [3.05, 3.63) is 59.9 Å². The fourth-order valence-corrected chi connectivity index (χ4v) is 2.43. The summed E-state index contributed by atoms with van der Waals surface area (Å²) in [5.74, 6) is -0.771. The second kappa shape index (κ2) is 10.8. The first-order valence-corrected chi connectivity index (χ1v) is 8.86. The second-order valence-electron chi connectivity index (χ2n) is 5.67. The third-order valence-corrected chi connectivity index (χ3v) is 3.68. The zero-order valence-corrected chi connectivity index (χ0v) is 15.6. The highest BCUT2D eigenvalue weighted by atomic mass is 16.5. The van der Waals surface area contributed by atoms with Crippen LogP contribution < -0.4 is 4.90 Å². The van der Waals surface area contributed by atoms with Crippen LogP contribution in [0.5, 0.6) is 0 Å². The second-order valence-corrected chi connectivity index (χ2v) is 5.67. The largest absolute Gasteiger partial charge is 0.465 e. The van der Waals surface area contributed by atoms with E-state index in [4.69, 9.17) is 9.47 Å². The molecule has 0 aliphatic heterocycles. The molecule has 1 heterocycles. The highest BCUT2D eigenvalue weighted by molar-refractivity contribution is 5.81.